The summed E-state index contributed by atoms with van der Waals surface area (Å²) in [6.45, 7) is 3.75. The van der Waals surface area contributed by atoms with Crippen molar-refractivity contribution < 1.29 is 14.6 Å². The molecule has 0 aliphatic carbocycles. The zero-order valence-electron chi connectivity index (χ0n) is 9.38. The number of nitrogens with two attached hydrogens (primary N) is 1. The zero-order chi connectivity index (χ0) is 12.1. The van der Waals surface area contributed by atoms with Crippen LogP contribution in [0.15, 0.2) is 18.5 Å². The largest absolute Gasteiger partial charge is 0.465 e. The van der Waals surface area contributed by atoms with Crippen molar-refractivity contribution >= 4 is 5.97 Å². The van der Waals surface area contributed by atoms with Crippen LogP contribution >= 0.6 is 0 Å². The Hall–Kier alpha value is -1.46. The molecule has 0 saturated heterocycles. The monoisotopic (exact) mass is 224 g/mol. The van der Waals surface area contributed by atoms with Gasteiger partial charge in [-0.2, -0.15) is 0 Å². The first-order valence-electron chi connectivity index (χ1n) is 5.08. The summed E-state index contributed by atoms with van der Waals surface area (Å²) in [6, 6.07) is 0.666. The van der Waals surface area contributed by atoms with Crippen LogP contribution in [0.4, 0.5) is 0 Å². The third-order valence-electron chi connectivity index (χ3n) is 2.30. The first-order chi connectivity index (χ1) is 7.57. The number of nitrogens with zero attached hydrogens (tertiary/aromatic N) is 1. The Labute approximate surface area is 94.2 Å². The van der Waals surface area contributed by atoms with Gasteiger partial charge in [-0.3, -0.25) is 9.78 Å². The third kappa shape index (κ3) is 2.77. The van der Waals surface area contributed by atoms with Gasteiger partial charge in [0.2, 0.25) is 0 Å². The van der Waals surface area contributed by atoms with E-state index in [1.807, 2.05) is 6.92 Å². The fourth-order valence-electron chi connectivity index (χ4n) is 1.35. The van der Waals surface area contributed by atoms with E-state index >= 15 is 0 Å². The van der Waals surface area contributed by atoms with Gasteiger partial charge in [-0.05, 0) is 25.5 Å². The Balaban J connectivity index is 2.82. The SMILES string of the molecule is CCOC(=O)[C@@H](N)[C@@H](O)c1cnccc1C. The van der Waals surface area contributed by atoms with E-state index in [-0.39, 0.29) is 6.61 Å². The minimum Gasteiger partial charge on any atom is -0.465 e. The topological polar surface area (TPSA) is 85.4 Å². The minimum atomic E-state index is -1.09. The van der Waals surface area contributed by atoms with E-state index in [0.717, 1.165) is 5.56 Å². The molecular weight excluding hydrogens is 208 g/mol. The van der Waals surface area contributed by atoms with Crippen LogP contribution in [0.25, 0.3) is 0 Å². The molecule has 16 heavy (non-hydrogen) atoms. The molecule has 5 nitrogen and oxygen atoms in total. The number of hydrogen-bond donors (Lipinski definition) is 2. The highest BCUT2D eigenvalue weighted by molar-refractivity contribution is 5.76. The molecule has 0 bridgehead atoms. The number of hydrogen-bond acceptors (Lipinski definition) is 5. The molecule has 5 heteroatoms. The van der Waals surface area contributed by atoms with E-state index < -0.39 is 18.1 Å². The second-order valence-corrected chi connectivity index (χ2v) is 3.45. The fourth-order valence-corrected chi connectivity index (χ4v) is 1.35. The third-order valence-corrected chi connectivity index (χ3v) is 2.30. The van der Waals surface area contributed by atoms with Crippen molar-refractivity contribution in [1.82, 2.24) is 4.98 Å². The quantitative estimate of drug-likeness (QED) is 0.719. The molecule has 1 aromatic heterocycles. The fraction of sp³-hybridized carbons (Fsp3) is 0.455. The summed E-state index contributed by atoms with van der Waals surface area (Å²) in [6.07, 6.45) is 2.02. The normalized spacial score (nSPS) is 14.2. The molecule has 3 N–H and O–H groups in total. The summed E-state index contributed by atoms with van der Waals surface area (Å²) in [7, 11) is 0. The van der Waals surface area contributed by atoms with E-state index in [1.165, 1.54) is 6.20 Å². The average molecular weight is 224 g/mol. The standard InChI is InChI=1S/C11H16N2O3/c1-3-16-11(15)9(12)10(14)8-6-13-5-4-7(8)2/h4-6,9-10,14H,3,12H2,1-2H3/t9-,10-/m0/s1. The summed E-state index contributed by atoms with van der Waals surface area (Å²) in [5.74, 6) is -0.613. The zero-order valence-corrected chi connectivity index (χ0v) is 9.38. The van der Waals surface area contributed by atoms with Gasteiger partial charge < -0.3 is 15.6 Å². The van der Waals surface area contributed by atoms with Gasteiger partial charge in [0, 0.05) is 18.0 Å². The molecule has 1 heterocycles. The number of rotatable bonds is 4. The predicted octanol–water partition coefficient (Wildman–Crippen LogP) is 0.314. The second-order valence-electron chi connectivity index (χ2n) is 3.45. The first kappa shape index (κ1) is 12.6. The van der Waals surface area contributed by atoms with Gasteiger partial charge in [0.05, 0.1) is 6.61 Å². The average Bonchev–Trinajstić information content (AvgIpc) is 2.28. The number of aliphatic hydroxyl groups is 1. The van der Waals surface area contributed by atoms with E-state index in [2.05, 4.69) is 4.98 Å². The molecule has 0 aliphatic heterocycles. The molecule has 0 unspecified atom stereocenters. The van der Waals surface area contributed by atoms with Gasteiger partial charge in [-0.25, -0.2) is 0 Å². The molecule has 0 radical (unpaired) electrons. The molecule has 88 valence electrons. The van der Waals surface area contributed by atoms with Crippen LogP contribution in [0.2, 0.25) is 0 Å². The van der Waals surface area contributed by atoms with Crippen molar-refractivity contribution in [3.8, 4) is 0 Å². The molecule has 0 aromatic carbocycles. The summed E-state index contributed by atoms with van der Waals surface area (Å²) in [5.41, 5.74) is 6.98. The number of aryl methyl sites for hydroxylation is 1. The predicted molar refractivity (Wildman–Crippen MR) is 58.5 cm³/mol. The Morgan fingerprint density at radius 3 is 2.94 bits per heavy atom. The molecule has 1 rings (SSSR count). The van der Waals surface area contributed by atoms with Crippen molar-refractivity contribution in [3.63, 3.8) is 0 Å². The van der Waals surface area contributed by atoms with E-state index in [1.54, 1.807) is 19.2 Å². The Morgan fingerprint density at radius 1 is 1.69 bits per heavy atom. The number of aromatic nitrogens is 1. The number of aliphatic hydroxyl groups excluding tert-OH is 1. The van der Waals surface area contributed by atoms with Crippen molar-refractivity contribution in [1.29, 1.82) is 0 Å². The Bertz CT molecular complexity index is 368. The van der Waals surface area contributed by atoms with Gasteiger partial charge in [0.1, 0.15) is 12.1 Å². The Morgan fingerprint density at radius 2 is 2.38 bits per heavy atom. The van der Waals surface area contributed by atoms with E-state index in [4.69, 9.17) is 10.5 Å². The van der Waals surface area contributed by atoms with E-state index in [0.29, 0.717) is 5.56 Å². The molecular formula is C11H16N2O3. The molecule has 0 amide bonds. The number of esters is 1. The molecule has 0 fully saturated rings. The number of pyridine rings is 1. The number of carbonyl (C=O) groups excluding carboxylic acids is 1. The van der Waals surface area contributed by atoms with Crippen LogP contribution in [0.1, 0.15) is 24.2 Å². The first-order valence-corrected chi connectivity index (χ1v) is 5.08. The highest BCUT2D eigenvalue weighted by atomic mass is 16.5. The van der Waals surface area contributed by atoms with Crippen LogP contribution in [0.5, 0.6) is 0 Å². The lowest BCUT2D eigenvalue weighted by molar-refractivity contribution is -0.147. The highest BCUT2D eigenvalue weighted by Gasteiger charge is 2.26. The summed E-state index contributed by atoms with van der Waals surface area (Å²) < 4.78 is 4.74. The van der Waals surface area contributed by atoms with Crippen LogP contribution < -0.4 is 5.73 Å². The van der Waals surface area contributed by atoms with Crippen molar-refractivity contribution in [2.45, 2.75) is 26.0 Å². The van der Waals surface area contributed by atoms with Crippen LogP contribution in [0, 0.1) is 6.92 Å². The van der Waals surface area contributed by atoms with Gasteiger partial charge in [0.25, 0.3) is 0 Å². The maximum Gasteiger partial charge on any atom is 0.325 e. The highest BCUT2D eigenvalue weighted by Crippen LogP contribution is 2.19. The van der Waals surface area contributed by atoms with Crippen molar-refractivity contribution in [3.05, 3.63) is 29.6 Å². The maximum absolute atomic E-state index is 11.3. The molecule has 1 aromatic rings. The lowest BCUT2D eigenvalue weighted by atomic mass is 10.0. The number of ether oxygens (including phenoxy) is 1. The van der Waals surface area contributed by atoms with Gasteiger partial charge in [-0.1, -0.05) is 0 Å². The lowest BCUT2D eigenvalue weighted by Gasteiger charge is -2.18. The van der Waals surface area contributed by atoms with Crippen LogP contribution in [-0.4, -0.2) is 28.7 Å². The van der Waals surface area contributed by atoms with Crippen molar-refractivity contribution in [2.24, 2.45) is 5.73 Å². The smallest absolute Gasteiger partial charge is 0.325 e. The van der Waals surface area contributed by atoms with Gasteiger partial charge in [-0.15, -0.1) is 0 Å². The molecule has 2 atom stereocenters. The summed E-state index contributed by atoms with van der Waals surface area (Å²) in [4.78, 5) is 15.2. The van der Waals surface area contributed by atoms with Gasteiger partial charge in [0.15, 0.2) is 0 Å². The second kappa shape index (κ2) is 5.58. The summed E-state index contributed by atoms with van der Waals surface area (Å²) in [5, 5.41) is 9.90. The summed E-state index contributed by atoms with van der Waals surface area (Å²) >= 11 is 0. The minimum absolute atomic E-state index is 0.241. The molecule has 0 aliphatic rings. The molecule has 0 saturated carbocycles. The number of carbonyl (C=O) groups is 1. The maximum atomic E-state index is 11.3. The van der Waals surface area contributed by atoms with Gasteiger partial charge >= 0.3 is 5.97 Å². The van der Waals surface area contributed by atoms with Crippen LogP contribution in [0.3, 0.4) is 0 Å². The Kier molecular flexibility index (Phi) is 4.39. The molecule has 0 spiro atoms. The van der Waals surface area contributed by atoms with Crippen LogP contribution in [-0.2, 0) is 9.53 Å². The van der Waals surface area contributed by atoms with E-state index in [9.17, 15) is 9.90 Å². The van der Waals surface area contributed by atoms with Crippen molar-refractivity contribution in [2.75, 3.05) is 6.61 Å². The lowest BCUT2D eigenvalue weighted by Crippen LogP contribution is -2.38.